The third kappa shape index (κ3) is 3.41. The van der Waals surface area contributed by atoms with Gasteiger partial charge in [-0.2, -0.15) is 5.10 Å². The van der Waals surface area contributed by atoms with Crippen LogP contribution in [0.2, 0.25) is 5.02 Å². The summed E-state index contributed by atoms with van der Waals surface area (Å²) in [4.78, 5) is 4.40. The molecule has 0 aliphatic heterocycles. The van der Waals surface area contributed by atoms with Crippen LogP contribution in [0, 0.1) is 6.92 Å². The maximum atomic E-state index is 6.32. The molecule has 2 aromatic heterocycles. The zero-order valence-electron chi connectivity index (χ0n) is 12.4. The third-order valence-electron chi connectivity index (χ3n) is 3.20. The number of rotatable bonds is 7. The van der Waals surface area contributed by atoms with Crippen molar-refractivity contribution in [2.24, 2.45) is 0 Å². The summed E-state index contributed by atoms with van der Waals surface area (Å²) in [6, 6.07) is 0. The Morgan fingerprint density at radius 2 is 2.15 bits per heavy atom. The Balaban J connectivity index is 2.07. The molecule has 0 saturated carbocycles. The Morgan fingerprint density at radius 3 is 2.85 bits per heavy atom. The zero-order chi connectivity index (χ0) is 14.5. The number of halogens is 1. The molecule has 20 heavy (non-hydrogen) atoms. The van der Waals surface area contributed by atoms with E-state index in [-0.39, 0.29) is 0 Å². The van der Waals surface area contributed by atoms with Gasteiger partial charge in [-0.3, -0.25) is 4.68 Å². The average molecular weight is 296 g/mol. The summed E-state index contributed by atoms with van der Waals surface area (Å²) >= 11 is 6.32. The highest BCUT2D eigenvalue weighted by Crippen LogP contribution is 2.21. The number of imidazole rings is 1. The van der Waals surface area contributed by atoms with Crippen molar-refractivity contribution in [3.05, 3.63) is 34.6 Å². The molecule has 0 aromatic carbocycles. The number of nitrogens with zero attached hydrogens (tertiary/aromatic N) is 4. The van der Waals surface area contributed by atoms with Gasteiger partial charge in [0.1, 0.15) is 0 Å². The van der Waals surface area contributed by atoms with Gasteiger partial charge in [0.2, 0.25) is 0 Å². The van der Waals surface area contributed by atoms with Crippen LogP contribution in [0.5, 0.6) is 0 Å². The topological polar surface area (TPSA) is 47.7 Å². The van der Waals surface area contributed by atoms with Gasteiger partial charge in [-0.1, -0.05) is 18.5 Å². The largest absolute Gasteiger partial charge is 0.331 e. The van der Waals surface area contributed by atoms with Crippen molar-refractivity contribution in [1.29, 1.82) is 0 Å². The summed E-state index contributed by atoms with van der Waals surface area (Å²) in [7, 11) is 0. The average Bonchev–Trinajstić information content (AvgIpc) is 2.99. The molecule has 1 N–H and O–H groups in total. The van der Waals surface area contributed by atoms with Gasteiger partial charge >= 0.3 is 0 Å². The molecule has 5 nitrogen and oxygen atoms in total. The molecule has 0 unspecified atom stereocenters. The Hall–Kier alpha value is -1.33. The predicted octanol–water partition coefficient (Wildman–Crippen LogP) is 2.61. The van der Waals surface area contributed by atoms with Crippen LogP contribution in [0.4, 0.5) is 0 Å². The first-order chi connectivity index (χ1) is 9.65. The van der Waals surface area contributed by atoms with Crippen LogP contribution in [0.1, 0.15) is 37.4 Å². The van der Waals surface area contributed by atoms with Crippen LogP contribution in [0.15, 0.2) is 12.5 Å². The molecule has 110 valence electrons. The van der Waals surface area contributed by atoms with E-state index in [1.807, 2.05) is 17.9 Å². The molecule has 0 amide bonds. The van der Waals surface area contributed by atoms with E-state index in [9.17, 15) is 0 Å². The summed E-state index contributed by atoms with van der Waals surface area (Å²) < 4.78 is 4.00. The molecule has 0 saturated heterocycles. The van der Waals surface area contributed by atoms with Crippen LogP contribution >= 0.6 is 11.6 Å². The fourth-order valence-corrected chi connectivity index (χ4v) is 2.37. The van der Waals surface area contributed by atoms with E-state index >= 15 is 0 Å². The maximum absolute atomic E-state index is 6.32. The SMILES string of the molecule is CCCNCc1cn(Cc2c(Cl)c(C)nn2CC)cn1. The molecule has 0 atom stereocenters. The molecular formula is C14H22ClN5. The zero-order valence-corrected chi connectivity index (χ0v) is 13.1. The van der Waals surface area contributed by atoms with Crippen LogP contribution in [0.25, 0.3) is 0 Å². The van der Waals surface area contributed by atoms with Crippen molar-refractivity contribution in [1.82, 2.24) is 24.6 Å². The van der Waals surface area contributed by atoms with E-state index in [1.165, 1.54) is 0 Å². The molecule has 0 aliphatic carbocycles. The summed E-state index contributed by atoms with van der Waals surface area (Å²) in [5.41, 5.74) is 2.97. The first-order valence-corrected chi connectivity index (χ1v) is 7.46. The fraction of sp³-hybridized carbons (Fsp3) is 0.571. The first-order valence-electron chi connectivity index (χ1n) is 7.08. The van der Waals surface area contributed by atoms with Gasteiger partial charge in [0, 0.05) is 19.3 Å². The lowest BCUT2D eigenvalue weighted by atomic mass is 10.3. The number of hydrogen-bond donors (Lipinski definition) is 1. The van der Waals surface area contributed by atoms with Crippen molar-refractivity contribution < 1.29 is 0 Å². The number of hydrogen-bond acceptors (Lipinski definition) is 3. The standard InChI is InChI=1S/C14H22ClN5/c1-4-6-16-7-12-8-19(10-17-12)9-13-14(15)11(3)18-20(13)5-2/h8,10,16H,4-7,9H2,1-3H3. The van der Waals surface area contributed by atoms with Crippen molar-refractivity contribution in [3.8, 4) is 0 Å². The van der Waals surface area contributed by atoms with Crippen molar-refractivity contribution in [3.63, 3.8) is 0 Å². The molecule has 0 bridgehead atoms. The van der Waals surface area contributed by atoms with E-state index in [0.717, 1.165) is 48.2 Å². The van der Waals surface area contributed by atoms with E-state index in [2.05, 4.69) is 40.0 Å². The van der Waals surface area contributed by atoms with E-state index in [4.69, 9.17) is 11.6 Å². The van der Waals surface area contributed by atoms with Gasteiger partial charge in [-0.15, -0.1) is 0 Å². The molecule has 0 fully saturated rings. The summed E-state index contributed by atoms with van der Waals surface area (Å²) in [5, 5.41) is 8.53. The first kappa shape index (κ1) is 15.1. The lowest BCUT2D eigenvalue weighted by Crippen LogP contribution is -2.14. The molecule has 0 radical (unpaired) electrons. The van der Waals surface area contributed by atoms with Crippen LogP contribution in [0.3, 0.4) is 0 Å². The minimum absolute atomic E-state index is 0.703. The Kier molecular flexibility index (Phi) is 5.20. The molecule has 2 aromatic rings. The molecule has 2 heterocycles. The Bertz CT molecular complexity index is 558. The maximum Gasteiger partial charge on any atom is 0.0953 e. The Morgan fingerprint density at radius 1 is 1.35 bits per heavy atom. The van der Waals surface area contributed by atoms with Crippen molar-refractivity contribution >= 4 is 11.6 Å². The second-order valence-corrected chi connectivity index (χ2v) is 5.25. The molecule has 2 rings (SSSR count). The lowest BCUT2D eigenvalue weighted by molar-refractivity contribution is 0.596. The van der Waals surface area contributed by atoms with Crippen LogP contribution < -0.4 is 5.32 Å². The van der Waals surface area contributed by atoms with E-state index < -0.39 is 0 Å². The van der Waals surface area contributed by atoms with Crippen LogP contribution in [-0.4, -0.2) is 25.9 Å². The van der Waals surface area contributed by atoms with Crippen molar-refractivity contribution in [2.75, 3.05) is 6.54 Å². The third-order valence-corrected chi connectivity index (χ3v) is 3.70. The van der Waals surface area contributed by atoms with Gasteiger partial charge in [-0.25, -0.2) is 4.98 Å². The van der Waals surface area contributed by atoms with Gasteiger partial charge in [0.15, 0.2) is 0 Å². The fourth-order valence-electron chi connectivity index (χ4n) is 2.17. The number of aromatic nitrogens is 4. The van der Waals surface area contributed by atoms with Gasteiger partial charge in [-0.05, 0) is 26.8 Å². The highest BCUT2D eigenvalue weighted by atomic mass is 35.5. The molecule has 0 spiro atoms. The smallest absolute Gasteiger partial charge is 0.0953 e. The predicted molar refractivity (Wildman–Crippen MR) is 81.0 cm³/mol. The highest BCUT2D eigenvalue weighted by Gasteiger charge is 2.13. The summed E-state index contributed by atoms with van der Waals surface area (Å²) in [6.45, 7) is 9.51. The Labute approximate surface area is 125 Å². The number of aryl methyl sites for hydroxylation is 2. The second-order valence-electron chi connectivity index (χ2n) is 4.88. The van der Waals surface area contributed by atoms with E-state index in [0.29, 0.717) is 6.54 Å². The quantitative estimate of drug-likeness (QED) is 0.799. The van der Waals surface area contributed by atoms with Gasteiger partial charge in [0.25, 0.3) is 0 Å². The summed E-state index contributed by atoms with van der Waals surface area (Å²) in [6.07, 6.45) is 5.04. The highest BCUT2D eigenvalue weighted by molar-refractivity contribution is 6.31. The molecule has 6 heteroatoms. The van der Waals surface area contributed by atoms with E-state index in [1.54, 1.807) is 0 Å². The molecule has 0 aliphatic rings. The monoisotopic (exact) mass is 295 g/mol. The normalized spacial score (nSPS) is 11.2. The number of nitrogens with one attached hydrogen (secondary N) is 1. The molecular weight excluding hydrogens is 274 g/mol. The van der Waals surface area contributed by atoms with Gasteiger partial charge < -0.3 is 9.88 Å². The van der Waals surface area contributed by atoms with Gasteiger partial charge in [0.05, 0.1) is 35.0 Å². The van der Waals surface area contributed by atoms with Crippen LogP contribution in [-0.2, 0) is 19.6 Å². The second kappa shape index (κ2) is 6.90. The summed E-state index contributed by atoms with van der Waals surface area (Å²) in [5.74, 6) is 0. The minimum Gasteiger partial charge on any atom is -0.331 e. The lowest BCUT2D eigenvalue weighted by Gasteiger charge is -2.06. The minimum atomic E-state index is 0.703. The van der Waals surface area contributed by atoms with Crippen molar-refractivity contribution in [2.45, 2.75) is 46.8 Å².